The maximum atomic E-state index is 9.10. The number of likely N-dealkylation sites (tertiary alicyclic amines) is 1. The molecule has 0 aliphatic carbocycles. The molecule has 0 spiro atoms. The van der Waals surface area contributed by atoms with Gasteiger partial charge in [0, 0.05) is 32.8 Å². The van der Waals surface area contributed by atoms with Crippen molar-refractivity contribution >= 4 is 23.9 Å². The lowest BCUT2D eigenvalue weighted by molar-refractivity contribution is -0.159. The van der Waals surface area contributed by atoms with Crippen molar-refractivity contribution in [2.75, 3.05) is 39.8 Å². The molecule has 36 heavy (non-hydrogen) atoms. The third-order valence-corrected chi connectivity index (χ3v) is 5.33. The van der Waals surface area contributed by atoms with Gasteiger partial charge >= 0.3 is 23.9 Å². The second-order valence-electron chi connectivity index (χ2n) is 8.42. The molecule has 0 radical (unpaired) electrons. The van der Waals surface area contributed by atoms with Crippen LogP contribution < -0.4 is 0 Å². The van der Waals surface area contributed by atoms with Crippen molar-refractivity contribution in [3.05, 3.63) is 35.9 Å². The van der Waals surface area contributed by atoms with Crippen LogP contribution in [-0.4, -0.2) is 100 Å². The largest absolute Gasteiger partial charge is 0.473 e. The fraction of sp³-hybridized carbons (Fsp3) is 0.600. The van der Waals surface area contributed by atoms with Crippen LogP contribution in [0.15, 0.2) is 30.3 Å². The first-order chi connectivity index (χ1) is 17.1. The Bertz CT molecular complexity index is 718. The predicted molar refractivity (Wildman–Crippen MR) is 133 cm³/mol. The number of carbonyl (C=O) groups is 4. The van der Waals surface area contributed by atoms with Crippen LogP contribution in [0.4, 0.5) is 0 Å². The maximum Gasteiger partial charge on any atom is 0.414 e. The van der Waals surface area contributed by atoms with Crippen molar-refractivity contribution in [3.63, 3.8) is 0 Å². The van der Waals surface area contributed by atoms with Crippen molar-refractivity contribution in [1.29, 1.82) is 0 Å². The van der Waals surface area contributed by atoms with Gasteiger partial charge in [0.25, 0.3) is 0 Å². The molecule has 11 nitrogen and oxygen atoms in total. The standard InChI is InChI=1S/C21H36N2O.2C2H2O4/c1-3-4-8-14-22(2)15-9-18-24-21-12-16-23(17-13-21)19-20-10-6-5-7-11-20;2*3-1(4)2(5)6/h5-7,10-11,21H,3-4,8-9,12-19H2,1-2H3;2*(H,3,4)(H,5,6). The minimum Gasteiger partial charge on any atom is -0.473 e. The molecule has 1 aliphatic rings. The molecule has 0 aromatic heterocycles. The van der Waals surface area contributed by atoms with E-state index in [2.05, 4.69) is 54.1 Å². The van der Waals surface area contributed by atoms with Crippen molar-refractivity contribution in [1.82, 2.24) is 9.80 Å². The molecule has 11 heteroatoms. The van der Waals surface area contributed by atoms with Crippen LogP contribution >= 0.6 is 0 Å². The van der Waals surface area contributed by atoms with Crippen LogP contribution in [-0.2, 0) is 30.5 Å². The fourth-order valence-corrected chi connectivity index (χ4v) is 3.40. The smallest absolute Gasteiger partial charge is 0.414 e. The molecule has 1 aliphatic heterocycles. The van der Waals surface area contributed by atoms with Gasteiger partial charge in [-0.15, -0.1) is 0 Å². The van der Waals surface area contributed by atoms with E-state index in [4.69, 9.17) is 44.3 Å². The minimum atomic E-state index is -1.82. The Morgan fingerprint density at radius 1 is 0.861 bits per heavy atom. The van der Waals surface area contributed by atoms with Gasteiger partial charge < -0.3 is 30.1 Å². The summed E-state index contributed by atoms with van der Waals surface area (Å²) >= 11 is 0. The number of benzene rings is 1. The Morgan fingerprint density at radius 3 is 1.83 bits per heavy atom. The number of nitrogens with zero attached hydrogens (tertiary/aromatic N) is 2. The number of carboxylic acids is 4. The molecule has 0 atom stereocenters. The molecular formula is C25H40N2O9. The molecule has 0 amide bonds. The van der Waals surface area contributed by atoms with Gasteiger partial charge in [0.15, 0.2) is 0 Å². The summed E-state index contributed by atoms with van der Waals surface area (Å²) in [6.07, 6.45) is 7.98. The lowest BCUT2D eigenvalue weighted by Gasteiger charge is -2.32. The van der Waals surface area contributed by atoms with Crippen LogP contribution in [0.2, 0.25) is 0 Å². The van der Waals surface area contributed by atoms with E-state index in [0.29, 0.717) is 6.10 Å². The number of rotatable bonds is 11. The van der Waals surface area contributed by atoms with Crippen LogP contribution in [0.25, 0.3) is 0 Å². The number of unbranched alkanes of at least 4 members (excludes halogenated alkanes) is 2. The van der Waals surface area contributed by atoms with E-state index >= 15 is 0 Å². The average molecular weight is 513 g/mol. The lowest BCUT2D eigenvalue weighted by Crippen LogP contribution is -2.36. The zero-order valence-electron chi connectivity index (χ0n) is 21.2. The van der Waals surface area contributed by atoms with E-state index < -0.39 is 23.9 Å². The predicted octanol–water partition coefficient (Wildman–Crippen LogP) is 2.49. The number of ether oxygens (including phenoxy) is 1. The molecule has 0 unspecified atom stereocenters. The van der Waals surface area contributed by atoms with E-state index in [9.17, 15) is 0 Å². The van der Waals surface area contributed by atoms with Crippen LogP contribution in [0.3, 0.4) is 0 Å². The molecule has 2 rings (SSSR count). The molecule has 4 N–H and O–H groups in total. The number of hydrogen-bond acceptors (Lipinski definition) is 7. The first-order valence-electron chi connectivity index (χ1n) is 12.1. The number of piperidine rings is 1. The highest BCUT2D eigenvalue weighted by atomic mass is 16.5. The molecule has 1 aromatic rings. The highest BCUT2D eigenvalue weighted by Gasteiger charge is 2.19. The number of aliphatic carboxylic acids is 4. The highest BCUT2D eigenvalue weighted by molar-refractivity contribution is 6.27. The monoisotopic (exact) mass is 512 g/mol. The second-order valence-corrected chi connectivity index (χ2v) is 8.42. The average Bonchev–Trinajstić information content (AvgIpc) is 2.84. The third kappa shape index (κ3) is 18.3. The van der Waals surface area contributed by atoms with E-state index in [1.807, 2.05) is 0 Å². The van der Waals surface area contributed by atoms with E-state index in [1.54, 1.807) is 0 Å². The Morgan fingerprint density at radius 2 is 1.36 bits per heavy atom. The quantitative estimate of drug-likeness (QED) is 0.254. The zero-order valence-corrected chi connectivity index (χ0v) is 21.2. The molecule has 204 valence electrons. The van der Waals surface area contributed by atoms with Crippen molar-refractivity contribution < 1.29 is 44.3 Å². The second kappa shape index (κ2) is 20.2. The van der Waals surface area contributed by atoms with Gasteiger partial charge in [-0.05, 0) is 44.8 Å². The molecule has 0 bridgehead atoms. The summed E-state index contributed by atoms with van der Waals surface area (Å²) in [5, 5.41) is 29.6. The Hall–Kier alpha value is -3.02. The number of carboxylic acid groups (broad SMARTS) is 4. The first kappa shape index (κ1) is 33.0. The van der Waals surface area contributed by atoms with Crippen molar-refractivity contribution in [2.45, 2.75) is 58.1 Å². The molecule has 1 heterocycles. The topological polar surface area (TPSA) is 165 Å². The summed E-state index contributed by atoms with van der Waals surface area (Å²) in [6.45, 7) is 8.98. The Labute approximate surface area is 212 Å². The van der Waals surface area contributed by atoms with Gasteiger partial charge in [-0.1, -0.05) is 50.1 Å². The molecular weight excluding hydrogens is 472 g/mol. The zero-order chi connectivity index (χ0) is 27.3. The summed E-state index contributed by atoms with van der Waals surface area (Å²) in [7, 11) is 2.23. The van der Waals surface area contributed by atoms with E-state index in [1.165, 1.54) is 44.2 Å². The van der Waals surface area contributed by atoms with Gasteiger partial charge in [0.1, 0.15) is 0 Å². The summed E-state index contributed by atoms with van der Waals surface area (Å²) in [4.78, 5) is 41.4. The van der Waals surface area contributed by atoms with E-state index in [-0.39, 0.29) is 0 Å². The lowest BCUT2D eigenvalue weighted by atomic mass is 10.1. The third-order valence-electron chi connectivity index (χ3n) is 5.33. The summed E-state index contributed by atoms with van der Waals surface area (Å²) in [5.74, 6) is -7.30. The summed E-state index contributed by atoms with van der Waals surface area (Å²) in [5.41, 5.74) is 1.42. The van der Waals surface area contributed by atoms with Gasteiger partial charge in [-0.25, -0.2) is 19.2 Å². The van der Waals surface area contributed by atoms with Gasteiger partial charge in [0.2, 0.25) is 0 Å². The fourth-order valence-electron chi connectivity index (χ4n) is 3.40. The van der Waals surface area contributed by atoms with Crippen LogP contribution in [0.5, 0.6) is 0 Å². The molecule has 1 saturated heterocycles. The van der Waals surface area contributed by atoms with E-state index in [0.717, 1.165) is 39.2 Å². The summed E-state index contributed by atoms with van der Waals surface area (Å²) in [6, 6.07) is 10.8. The van der Waals surface area contributed by atoms with Crippen LogP contribution in [0.1, 0.15) is 51.0 Å². The normalized spacial score (nSPS) is 13.6. The molecule has 1 aromatic carbocycles. The SMILES string of the molecule is CCCCCN(C)CCCOC1CCN(Cc2ccccc2)CC1.O=C(O)C(=O)O.O=C(O)C(=O)O. The van der Waals surface area contributed by atoms with Gasteiger partial charge in [-0.2, -0.15) is 0 Å². The van der Waals surface area contributed by atoms with Crippen molar-refractivity contribution in [2.24, 2.45) is 0 Å². The van der Waals surface area contributed by atoms with Gasteiger partial charge in [-0.3, -0.25) is 4.90 Å². The molecule has 0 saturated carbocycles. The highest BCUT2D eigenvalue weighted by Crippen LogP contribution is 2.16. The minimum absolute atomic E-state index is 0.474. The maximum absolute atomic E-state index is 9.10. The Balaban J connectivity index is 0.000000846. The first-order valence-corrected chi connectivity index (χ1v) is 12.1. The van der Waals surface area contributed by atoms with Crippen molar-refractivity contribution in [3.8, 4) is 0 Å². The van der Waals surface area contributed by atoms with Gasteiger partial charge in [0.05, 0.1) is 6.10 Å². The number of hydrogen-bond donors (Lipinski definition) is 4. The summed E-state index contributed by atoms with van der Waals surface area (Å²) < 4.78 is 6.10. The molecule has 1 fully saturated rings. The van der Waals surface area contributed by atoms with Crippen LogP contribution in [0, 0.1) is 0 Å². The Kier molecular flexibility index (Phi) is 18.5.